The van der Waals surface area contributed by atoms with Gasteiger partial charge >= 0.3 is 12.0 Å². The van der Waals surface area contributed by atoms with Crippen molar-refractivity contribution in [2.24, 2.45) is 5.92 Å². The fourth-order valence-electron chi connectivity index (χ4n) is 2.00. The topological polar surface area (TPSA) is 78.4 Å². The maximum atomic E-state index is 11.8. The summed E-state index contributed by atoms with van der Waals surface area (Å²) in [6, 6.07) is 4.58. The van der Waals surface area contributed by atoms with Crippen molar-refractivity contribution in [2.75, 3.05) is 0 Å². The lowest BCUT2D eigenvalue weighted by Crippen LogP contribution is -2.48. The average Bonchev–Trinajstić information content (AvgIpc) is 2.34. The Hall–Kier alpha value is -2.04. The molecular formula is C15H22N2O3. The van der Waals surface area contributed by atoms with Gasteiger partial charge in [-0.1, -0.05) is 32.0 Å². The monoisotopic (exact) mass is 278 g/mol. The Morgan fingerprint density at radius 2 is 1.75 bits per heavy atom. The van der Waals surface area contributed by atoms with Crippen LogP contribution in [-0.4, -0.2) is 23.1 Å². The zero-order valence-corrected chi connectivity index (χ0v) is 12.4. The second kappa shape index (κ2) is 6.93. The predicted molar refractivity (Wildman–Crippen MR) is 77.5 cm³/mol. The third-order valence-corrected chi connectivity index (χ3v) is 3.29. The Morgan fingerprint density at radius 3 is 2.20 bits per heavy atom. The first-order valence-electron chi connectivity index (χ1n) is 6.65. The maximum absolute atomic E-state index is 11.8. The van der Waals surface area contributed by atoms with Crippen LogP contribution in [0.3, 0.4) is 0 Å². The molecule has 0 aliphatic rings. The van der Waals surface area contributed by atoms with Crippen LogP contribution in [-0.2, 0) is 11.3 Å². The van der Waals surface area contributed by atoms with Crippen LogP contribution in [0.2, 0.25) is 0 Å². The highest BCUT2D eigenvalue weighted by atomic mass is 16.4. The van der Waals surface area contributed by atoms with Gasteiger partial charge in [-0.05, 0) is 36.5 Å². The van der Waals surface area contributed by atoms with Crippen LogP contribution in [0.15, 0.2) is 18.2 Å². The van der Waals surface area contributed by atoms with Gasteiger partial charge in [0.2, 0.25) is 0 Å². The van der Waals surface area contributed by atoms with Crippen molar-refractivity contribution in [3.63, 3.8) is 0 Å². The second-order valence-corrected chi connectivity index (χ2v) is 5.26. The van der Waals surface area contributed by atoms with E-state index in [-0.39, 0.29) is 5.92 Å². The zero-order chi connectivity index (χ0) is 15.3. The quantitative estimate of drug-likeness (QED) is 0.772. The number of hydrogen-bond donors (Lipinski definition) is 3. The number of carboxylic acid groups (broad SMARTS) is 1. The van der Waals surface area contributed by atoms with E-state index in [1.54, 1.807) is 13.8 Å². The van der Waals surface area contributed by atoms with Gasteiger partial charge in [0, 0.05) is 6.54 Å². The van der Waals surface area contributed by atoms with Gasteiger partial charge in [0.15, 0.2) is 0 Å². The summed E-state index contributed by atoms with van der Waals surface area (Å²) in [5.41, 5.74) is 3.26. The highest BCUT2D eigenvalue weighted by Crippen LogP contribution is 2.12. The molecule has 3 N–H and O–H groups in total. The van der Waals surface area contributed by atoms with Crippen LogP contribution in [0, 0.1) is 19.8 Å². The van der Waals surface area contributed by atoms with Gasteiger partial charge in [0.1, 0.15) is 6.04 Å². The molecule has 2 amide bonds. The normalized spacial score (nSPS) is 12.1. The lowest BCUT2D eigenvalue weighted by atomic mass is 10.0. The minimum atomic E-state index is -1.03. The number of aliphatic carboxylic acids is 1. The molecule has 0 heterocycles. The van der Waals surface area contributed by atoms with E-state index in [9.17, 15) is 9.59 Å². The molecule has 1 rings (SSSR count). The Kier molecular flexibility index (Phi) is 5.55. The van der Waals surface area contributed by atoms with Gasteiger partial charge in [-0.15, -0.1) is 0 Å². The smallest absolute Gasteiger partial charge is 0.326 e. The van der Waals surface area contributed by atoms with Gasteiger partial charge < -0.3 is 15.7 Å². The van der Waals surface area contributed by atoms with E-state index in [1.165, 1.54) is 0 Å². The first-order valence-corrected chi connectivity index (χ1v) is 6.65. The summed E-state index contributed by atoms with van der Waals surface area (Å²) >= 11 is 0. The van der Waals surface area contributed by atoms with Crippen molar-refractivity contribution in [3.8, 4) is 0 Å². The minimum absolute atomic E-state index is 0.168. The largest absolute Gasteiger partial charge is 0.480 e. The number of rotatable bonds is 5. The van der Waals surface area contributed by atoms with Crippen LogP contribution < -0.4 is 10.6 Å². The predicted octanol–water partition coefficient (Wildman–Crippen LogP) is 2.21. The molecule has 1 aromatic carbocycles. The number of carbonyl (C=O) groups is 2. The summed E-state index contributed by atoms with van der Waals surface area (Å²) in [4.78, 5) is 22.8. The van der Waals surface area contributed by atoms with Crippen LogP contribution in [0.5, 0.6) is 0 Å². The van der Waals surface area contributed by atoms with E-state index < -0.39 is 18.0 Å². The summed E-state index contributed by atoms with van der Waals surface area (Å²) in [6.45, 7) is 7.86. The third-order valence-electron chi connectivity index (χ3n) is 3.29. The molecule has 0 aliphatic heterocycles. The van der Waals surface area contributed by atoms with E-state index in [4.69, 9.17) is 5.11 Å². The van der Waals surface area contributed by atoms with E-state index in [0.29, 0.717) is 6.54 Å². The highest BCUT2D eigenvalue weighted by Gasteiger charge is 2.23. The van der Waals surface area contributed by atoms with Crippen molar-refractivity contribution in [1.29, 1.82) is 0 Å². The molecule has 0 saturated heterocycles. The molecular weight excluding hydrogens is 256 g/mol. The molecule has 0 aliphatic carbocycles. The molecule has 1 aromatic rings. The van der Waals surface area contributed by atoms with Crippen LogP contribution in [0.25, 0.3) is 0 Å². The number of urea groups is 1. The maximum Gasteiger partial charge on any atom is 0.326 e. The SMILES string of the molecule is Cc1cccc(C)c1CNC(=O)NC(C(=O)O)C(C)C. The standard InChI is InChI=1S/C15H22N2O3/c1-9(2)13(14(18)19)17-15(20)16-8-12-10(3)6-5-7-11(12)4/h5-7,9,13H,8H2,1-4H3,(H,18,19)(H2,16,17,20). The summed E-state index contributed by atoms with van der Waals surface area (Å²) in [5.74, 6) is -1.19. The number of carboxylic acids is 1. The van der Waals surface area contributed by atoms with Crippen molar-refractivity contribution in [1.82, 2.24) is 10.6 Å². The lowest BCUT2D eigenvalue weighted by molar-refractivity contribution is -0.140. The molecule has 0 saturated carbocycles. The van der Waals surface area contributed by atoms with Gasteiger partial charge in [-0.25, -0.2) is 9.59 Å². The van der Waals surface area contributed by atoms with Crippen molar-refractivity contribution >= 4 is 12.0 Å². The van der Waals surface area contributed by atoms with Crippen LogP contribution >= 0.6 is 0 Å². The van der Waals surface area contributed by atoms with Crippen molar-refractivity contribution in [2.45, 2.75) is 40.3 Å². The van der Waals surface area contributed by atoms with Crippen LogP contribution in [0.1, 0.15) is 30.5 Å². The van der Waals surface area contributed by atoms with Crippen LogP contribution in [0.4, 0.5) is 4.79 Å². The molecule has 0 aromatic heterocycles. The third kappa shape index (κ3) is 4.26. The molecule has 5 nitrogen and oxygen atoms in total. The van der Waals surface area contributed by atoms with Gasteiger partial charge in [-0.2, -0.15) is 0 Å². The van der Waals surface area contributed by atoms with E-state index >= 15 is 0 Å². The molecule has 20 heavy (non-hydrogen) atoms. The summed E-state index contributed by atoms with van der Waals surface area (Å²) in [6.07, 6.45) is 0. The Morgan fingerprint density at radius 1 is 1.20 bits per heavy atom. The summed E-state index contributed by atoms with van der Waals surface area (Å²) < 4.78 is 0. The number of nitrogens with one attached hydrogen (secondary N) is 2. The number of carbonyl (C=O) groups excluding carboxylic acids is 1. The summed E-state index contributed by atoms with van der Waals surface area (Å²) in [5, 5.41) is 14.2. The Bertz CT molecular complexity index is 478. The fraction of sp³-hybridized carbons (Fsp3) is 0.467. The number of amides is 2. The van der Waals surface area contributed by atoms with Gasteiger partial charge in [-0.3, -0.25) is 0 Å². The van der Waals surface area contributed by atoms with E-state index in [1.807, 2.05) is 32.0 Å². The van der Waals surface area contributed by atoms with Crippen molar-refractivity contribution < 1.29 is 14.7 Å². The first-order chi connectivity index (χ1) is 9.32. The summed E-state index contributed by atoms with van der Waals surface area (Å²) in [7, 11) is 0. The molecule has 0 spiro atoms. The fourth-order valence-corrected chi connectivity index (χ4v) is 2.00. The van der Waals surface area contributed by atoms with E-state index in [0.717, 1.165) is 16.7 Å². The number of hydrogen-bond acceptors (Lipinski definition) is 2. The van der Waals surface area contributed by atoms with Crippen molar-refractivity contribution in [3.05, 3.63) is 34.9 Å². The average molecular weight is 278 g/mol. The Labute approximate surface area is 119 Å². The molecule has 5 heteroatoms. The zero-order valence-electron chi connectivity index (χ0n) is 12.4. The van der Waals surface area contributed by atoms with E-state index in [2.05, 4.69) is 10.6 Å². The molecule has 1 unspecified atom stereocenters. The highest BCUT2D eigenvalue weighted by molar-refractivity contribution is 5.82. The number of aryl methyl sites for hydroxylation is 2. The lowest BCUT2D eigenvalue weighted by Gasteiger charge is -2.19. The molecule has 0 radical (unpaired) electrons. The Balaban J connectivity index is 2.62. The molecule has 1 atom stereocenters. The molecule has 110 valence electrons. The minimum Gasteiger partial charge on any atom is -0.480 e. The second-order valence-electron chi connectivity index (χ2n) is 5.26. The van der Waals surface area contributed by atoms with Gasteiger partial charge in [0.05, 0.1) is 0 Å². The number of benzene rings is 1. The molecule has 0 bridgehead atoms. The molecule has 0 fully saturated rings. The van der Waals surface area contributed by atoms with Gasteiger partial charge in [0.25, 0.3) is 0 Å². The first kappa shape index (κ1) is 16.0.